The molecule has 0 atom stereocenters. The Morgan fingerprint density at radius 2 is 2.08 bits per heavy atom. The second kappa shape index (κ2) is 4.97. The second-order valence-electron chi connectivity index (χ2n) is 4.60. The van der Waals surface area contributed by atoms with Crippen LogP contribution >= 0.6 is 0 Å². The minimum absolute atomic E-state index is 0.266. The van der Waals surface area contributed by atoms with Crippen molar-refractivity contribution < 1.29 is 5.11 Å². The zero-order valence-electron chi connectivity index (χ0n) is 9.05. The van der Waals surface area contributed by atoms with Gasteiger partial charge in [0.1, 0.15) is 0 Å². The van der Waals surface area contributed by atoms with Crippen molar-refractivity contribution in [2.75, 3.05) is 26.7 Å². The van der Waals surface area contributed by atoms with Crippen molar-refractivity contribution in [2.24, 2.45) is 5.41 Å². The molecule has 0 aliphatic heterocycles. The Balaban J connectivity index is 2.21. The minimum atomic E-state index is 0.266. The molecule has 0 aromatic rings. The van der Waals surface area contributed by atoms with Crippen molar-refractivity contribution in [1.29, 1.82) is 0 Å². The van der Waals surface area contributed by atoms with Crippen LogP contribution in [-0.4, -0.2) is 36.8 Å². The van der Waals surface area contributed by atoms with Crippen molar-refractivity contribution in [3.63, 3.8) is 0 Å². The van der Waals surface area contributed by atoms with E-state index in [1.54, 1.807) is 0 Å². The summed E-state index contributed by atoms with van der Waals surface area (Å²) < 4.78 is 0. The molecule has 0 saturated heterocycles. The van der Waals surface area contributed by atoms with Crippen LogP contribution in [0.1, 0.15) is 39.0 Å². The predicted octanol–water partition coefficient (Wildman–Crippen LogP) is 1.88. The molecule has 0 spiro atoms. The number of hydrogen-bond acceptors (Lipinski definition) is 2. The summed E-state index contributed by atoms with van der Waals surface area (Å²) in [5.41, 5.74) is 0.266. The highest BCUT2D eigenvalue weighted by molar-refractivity contribution is 4.89. The molecule has 1 aliphatic rings. The van der Waals surface area contributed by atoms with Crippen LogP contribution in [-0.2, 0) is 0 Å². The highest BCUT2D eigenvalue weighted by Gasteiger charge is 2.36. The highest BCUT2D eigenvalue weighted by atomic mass is 16.3. The summed E-state index contributed by atoms with van der Waals surface area (Å²) in [4.78, 5) is 2.37. The monoisotopic (exact) mass is 185 g/mol. The molecule has 1 rings (SSSR count). The first-order valence-electron chi connectivity index (χ1n) is 5.52. The Kier molecular flexibility index (Phi) is 4.20. The van der Waals surface area contributed by atoms with Gasteiger partial charge in [0.05, 0.1) is 0 Å². The van der Waals surface area contributed by atoms with E-state index in [-0.39, 0.29) is 5.41 Å². The van der Waals surface area contributed by atoms with Crippen LogP contribution in [0.2, 0.25) is 0 Å². The summed E-state index contributed by atoms with van der Waals surface area (Å²) in [6.07, 6.45) is 6.29. The van der Waals surface area contributed by atoms with E-state index in [1.165, 1.54) is 38.6 Å². The lowest BCUT2D eigenvalue weighted by Crippen LogP contribution is -2.43. The zero-order chi connectivity index (χ0) is 9.73. The van der Waals surface area contributed by atoms with Gasteiger partial charge in [-0.15, -0.1) is 0 Å². The van der Waals surface area contributed by atoms with Crippen LogP contribution in [0, 0.1) is 5.41 Å². The van der Waals surface area contributed by atoms with E-state index in [0.29, 0.717) is 6.61 Å². The molecular formula is C11H23NO. The van der Waals surface area contributed by atoms with Gasteiger partial charge in [-0.2, -0.15) is 0 Å². The van der Waals surface area contributed by atoms with Crippen molar-refractivity contribution in [2.45, 2.75) is 39.0 Å². The molecule has 13 heavy (non-hydrogen) atoms. The van der Waals surface area contributed by atoms with E-state index in [2.05, 4.69) is 18.9 Å². The van der Waals surface area contributed by atoms with E-state index in [4.69, 9.17) is 0 Å². The van der Waals surface area contributed by atoms with E-state index in [0.717, 1.165) is 6.54 Å². The molecule has 0 unspecified atom stereocenters. The first-order chi connectivity index (χ1) is 6.22. The fraction of sp³-hybridized carbons (Fsp3) is 1.00. The quantitative estimate of drug-likeness (QED) is 0.683. The largest absolute Gasteiger partial charge is 0.396 e. The lowest BCUT2D eigenvalue weighted by Gasteiger charge is -2.43. The zero-order valence-corrected chi connectivity index (χ0v) is 9.05. The molecule has 0 aromatic heterocycles. The lowest BCUT2D eigenvalue weighted by molar-refractivity contribution is 0.0144. The van der Waals surface area contributed by atoms with Gasteiger partial charge in [-0.3, -0.25) is 0 Å². The molecular weight excluding hydrogens is 162 g/mol. The summed E-state index contributed by atoms with van der Waals surface area (Å²) in [5, 5.41) is 9.28. The molecule has 78 valence electrons. The summed E-state index contributed by atoms with van der Waals surface area (Å²) >= 11 is 0. The average molecular weight is 185 g/mol. The molecule has 1 fully saturated rings. The fourth-order valence-corrected chi connectivity index (χ4v) is 2.12. The van der Waals surface area contributed by atoms with Crippen LogP contribution in [0.15, 0.2) is 0 Å². The van der Waals surface area contributed by atoms with Crippen molar-refractivity contribution in [1.82, 2.24) is 4.90 Å². The van der Waals surface area contributed by atoms with Gasteiger partial charge in [0.25, 0.3) is 0 Å². The third-order valence-corrected chi connectivity index (χ3v) is 3.25. The summed E-state index contributed by atoms with van der Waals surface area (Å²) in [6.45, 7) is 4.87. The normalized spacial score (nSPS) is 20.3. The summed E-state index contributed by atoms with van der Waals surface area (Å²) in [5.74, 6) is 0. The number of unbranched alkanes of at least 4 members (excludes halogenated alkanes) is 1. The molecule has 1 aliphatic carbocycles. The number of aliphatic hydroxyl groups excluding tert-OH is 1. The molecule has 0 heterocycles. The van der Waals surface area contributed by atoms with Crippen LogP contribution in [0.25, 0.3) is 0 Å². The number of nitrogens with zero attached hydrogens (tertiary/aromatic N) is 1. The van der Waals surface area contributed by atoms with Crippen molar-refractivity contribution in [3.05, 3.63) is 0 Å². The summed E-state index contributed by atoms with van der Waals surface area (Å²) in [6, 6.07) is 0. The Labute approximate surface area is 81.9 Å². The van der Waals surface area contributed by atoms with Gasteiger partial charge in [0.2, 0.25) is 0 Å². The maximum absolute atomic E-state index is 9.28. The first kappa shape index (κ1) is 11.0. The van der Waals surface area contributed by atoms with Gasteiger partial charge in [-0.25, -0.2) is 0 Å². The molecule has 0 radical (unpaired) electrons. The topological polar surface area (TPSA) is 23.5 Å². The van der Waals surface area contributed by atoms with Gasteiger partial charge in [-0.1, -0.05) is 19.8 Å². The molecule has 1 N–H and O–H groups in total. The standard InChI is InChI=1S/C11H23NO/c1-3-4-8-12(2)9-11(10-13)6-5-7-11/h13H,3-10H2,1-2H3. The smallest absolute Gasteiger partial charge is 0.0499 e. The SMILES string of the molecule is CCCCN(C)CC1(CO)CCC1. The molecule has 0 amide bonds. The van der Waals surface area contributed by atoms with Gasteiger partial charge in [0.15, 0.2) is 0 Å². The van der Waals surface area contributed by atoms with Crippen LogP contribution in [0.4, 0.5) is 0 Å². The molecule has 0 bridgehead atoms. The predicted molar refractivity (Wildman–Crippen MR) is 55.8 cm³/mol. The number of rotatable bonds is 6. The minimum Gasteiger partial charge on any atom is -0.396 e. The Bertz CT molecular complexity index is 138. The average Bonchev–Trinajstić information content (AvgIpc) is 2.08. The lowest BCUT2D eigenvalue weighted by atomic mass is 9.69. The van der Waals surface area contributed by atoms with Gasteiger partial charge in [-0.05, 0) is 32.9 Å². The molecule has 2 nitrogen and oxygen atoms in total. The van der Waals surface area contributed by atoms with Crippen molar-refractivity contribution in [3.8, 4) is 0 Å². The van der Waals surface area contributed by atoms with Gasteiger partial charge >= 0.3 is 0 Å². The number of hydrogen-bond donors (Lipinski definition) is 1. The highest BCUT2D eigenvalue weighted by Crippen LogP contribution is 2.40. The Morgan fingerprint density at radius 1 is 1.38 bits per heavy atom. The molecule has 1 saturated carbocycles. The summed E-state index contributed by atoms with van der Waals surface area (Å²) in [7, 11) is 2.17. The molecule has 0 aromatic carbocycles. The first-order valence-corrected chi connectivity index (χ1v) is 5.52. The van der Waals surface area contributed by atoms with Crippen molar-refractivity contribution >= 4 is 0 Å². The molecule has 2 heteroatoms. The van der Waals surface area contributed by atoms with Crippen LogP contribution < -0.4 is 0 Å². The maximum atomic E-state index is 9.28. The van der Waals surface area contributed by atoms with Gasteiger partial charge in [0, 0.05) is 18.6 Å². The number of aliphatic hydroxyl groups is 1. The van der Waals surface area contributed by atoms with E-state index in [9.17, 15) is 5.11 Å². The van der Waals surface area contributed by atoms with Crippen LogP contribution in [0.5, 0.6) is 0 Å². The van der Waals surface area contributed by atoms with Crippen LogP contribution in [0.3, 0.4) is 0 Å². The maximum Gasteiger partial charge on any atom is 0.0499 e. The third kappa shape index (κ3) is 2.96. The van der Waals surface area contributed by atoms with E-state index < -0.39 is 0 Å². The van der Waals surface area contributed by atoms with Gasteiger partial charge < -0.3 is 10.0 Å². The van der Waals surface area contributed by atoms with E-state index in [1.807, 2.05) is 0 Å². The Morgan fingerprint density at radius 3 is 2.46 bits per heavy atom. The Hall–Kier alpha value is -0.0800. The third-order valence-electron chi connectivity index (χ3n) is 3.25. The fourth-order valence-electron chi connectivity index (χ4n) is 2.12. The second-order valence-corrected chi connectivity index (χ2v) is 4.60. The van der Waals surface area contributed by atoms with E-state index >= 15 is 0 Å².